The van der Waals surface area contributed by atoms with Crippen molar-refractivity contribution >= 4 is 16.2 Å². The standard InChI is InChI=1S/C45H72O20S/c1-20-31(48)36(58-8)34(51)40(61-20)64-38-33(50)27(46)19-59-41(38)63-37-32(49)21(2)60-39(35(37)52)62-28-18-23-24-9-10-29(45(7,54)30(47)13-14-42(3,4)53)44(24,6)16-12-25(23)43(5)15-11-22(17-26(28)43)65-66(55,56)57/h12-14,20-24,26-29,31-41,46,48-54H,9-11,15-19H2,1-8H3,(H,55,56,57)/b14-13+/t20-,21-,22+,23+,24+,26?,27-,28+,29+,31-,32-,33+,34-,35-,36+,37+,38-,39+,40+,41+,43-,44+,45-/m1/s1. The van der Waals surface area contributed by atoms with Crippen LogP contribution in [0.3, 0.4) is 0 Å². The number of methoxy groups -OCH3 is 1. The number of aliphatic hydroxyl groups is 8. The van der Waals surface area contributed by atoms with Crippen LogP contribution in [-0.2, 0) is 52.5 Å². The number of carbonyl (C=O) groups excluding carboxylic acids is 1. The highest BCUT2D eigenvalue weighted by Crippen LogP contribution is 2.67. The van der Waals surface area contributed by atoms with Crippen LogP contribution in [0.5, 0.6) is 0 Å². The molecule has 0 aromatic rings. The second kappa shape index (κ2) is 19.2. The van der Waals surface area contributed by atoms with Crippen LogP contribution in [0.1, 0.15) is 93.4 Å². The fourth-order valence-corrected chi connectivity index (χ4v) is 13.1. The van der Waals surface area contributed by atoms with E-state index < -0.39 is 155 Å². The van der Waals surface area contributed by atoms with E-state index in [1.165, 1.54) is 47.0 Å². The Morgan fingerprint density at radius 2 is 1.41 bits per heavy atom. The van der Waals surface area contributed by atoms with Crippen LogP contribution in [0.2, 0.25) is 0 Å². The SMILES string of the molecule is CO[C@@H]1[C@@H](O)[C@H](O[C@H]2[C@H](O[C@@H]3[C@@H](O)[C@H](O[C@H]4C[C@@H]5C(=CC[C@@]6(C)[C@H]5CC[C@@H]6[C@@](C)(O)C(=O)/C=C/C(C)(C)O)[C@@]5(C)CC[C@H](OS(=O)(=O)O)CC45)O[C@H](C)[C@H]3O)OC[C@@H](O)[C@@H]2O)O[C@H](C)[C@H]1O. The molecule has 0 aromatic carbocycles. The van der Waals surface area contributed by atoms with Crippen molar-refractivity contribution in [3.05, 3.63) is 23.8 Å². The van der Waals surface area contributed by atoms with E-state index in [0.29, 0.717) is 38.5 Å². The van der Waals surface area contributed by atoms with Gasteiger partial charge in [0.25, 0.3) is 0 Å². The van der Waals surface area contributed by atoms with Gasteiger partial charge < -0.3 is 74.0 Å². The van der Waals surface area contributed by atoms with E-state index in [1.807, 2.05) is 0 Å². The number of fused-ring (bicyclic) bond motifs is 5. The van der Waals surface area contributed by atoms with Gasteiger partial charge in [-0.2, -0.15) is 8.42 Å². The quantitative estimate of drug-likeness (QED) is 0.0676. The molecule has 0 spiro atoms. The molecule has 3 saturated carbocycles. The molecule has 0 radical (unpaired) electrons. The average Bonchev–Trinajstić information content (AvgIpc) is 3.60. The lowest BCUT2D eigenvalue weighted by Crippen LogP contribution is -2.65. The number of hydrogen-bond acceptors (Lipinski definition) is 19. The lowest BCUT2D eigenvalue weighted by atomic mass is 9.47. The summed E-state index contributed by atoms with van der Waals surface area (Å²) in [5, 5.41) is 89.0. The lowest BCUT2D eigenvalue weighted by molar-refractivity contribution is -0.379. The first-order valence-corrected chi connectivity index (χ1v) is 24.5. The molecular weight excluding hydrogens is 893 g/mol. The largest absolute Gasteiger partial charge is 0.397 e. The molecule has 7 rings (SSSR count). The lowest BCUT2D eigenvalue weighted by Gasteiger charge is -2.60. The van der Waals surface area contributed by atoms with E-state index in [4.69, 9.17) is 37.3 Å². The molecule has 0 bridgehead atoms. The zero-order valence-corrected chi connectivity index (χ0v) is 39.7. The first kappa shape index (κ1) is 52.2. The first-order chi connectivity index (χ1) is 30.6. The maximum absolute atomic E-state index is 13.6. The summed E-state index contributed by atoms with van der Waals surface area (Å²) in [5.74, 6) is -1.57. The molecule has 378 valence electrons. The Kier molecular flexibility index (Phi) is 15.2. The minimum absolute atomic E-state index is 0.0380. The second-order valence-corrected chi connectivity index (χ2v) is 22.2. The molecule has 0 aromatic heterocycles. The fourth-order valence-electron chi connectivity index (χ4n) is 12.6. The van der Waals surface area contributed by atoms with Gasteiger partial charge in [0.1, 0.15) is 60.5 Å². The number of aliphatic hydroxyl groups excluding tert-OH is 6. The van der Waals surface area contributed by atoms with Gasteiger partial charge in [-0.3, -0.25) is 9.35 Å². The topological polar surface area (TPSA) is 307 Å². The monoisotopic (exact) mass is 964 g/mol. The van der Waals surface area contributed by atoms with Gasteiger partial charge in [-0.05, 0) is 114 Å². The summed E-state index contributed by atoms with van der Waals surface area (Å²) >= 11 is 0. The van der Waals surface area contributed by atoms with Gasteiger partial charge in [-0.25, -0.2) is 4.18 Å². The molecule has 23 atom stereocenters. The van der Waals surface area contributed by atoms with E-state index in [9.17, 15) is 58.6 Å². The Hall–Kier alpha value is -1.58. The predicted octanol–water partition coefficient (Wildman–Crippen LogP) is 0.192. The van der Waals surface area contributed by atoms with Gasteiger partial charge in [0.15, 0.2) is 24.7 Å². The predicted molar refractivity (Wildman–Crippen MR) is 228 cm³/mol. The highest BCUT2D eigenvalue weighted by molar-refractivity contribution is 7.80. The van der Waals surface area contributed by atoms with E-state index in [2.05, 4.69) is 19.9 Å². The van der Waals surface area contributed by atoms with E-state index >= 15 is 0 Å². The van der Waals surface area contributed by atoms with Crippen molar-refractivity contribution in [1.82, 2.24) is 0 Å². The number of ketones is 1. The van der Waals surface area contributed by atoms with Gasteiger partial charge in [0, 0.05) is 13.0 Å². The average molecular weight is 965 g/mol. The van der Waals surface area contributed by atoms with Crippen molar-refractivity contribution in [1.29, 1.82) is 0 Å². The highest BCUT2D eigenvalue weighted by atomic mass is 32.3. The number of hydrogen-bond donors (Lipinski definition) is 9. The molecule has 7 aliphatic rings. The molecule has 3 heterocycles. The molecule has 6 fully saturated rings. The van der Waals surface area contributed by atoms with E-state index in [1.54, 1.807) is 6.92 Å². The summed E-state index contributed by atoms with van der Waals surface area (Å²) in [7, 11) is -3.53. The van der Waals surface area contributed by atoms with Gasteiger partial charge in [-0.1, -0.05) is 31.6 Å². The molecule has 3 aliphatic heterocycles. The second-order valence-electron chi connectivity index (χ2n) is 21.1. The van der Waals surface area contributed by atoms with Gasteiger partial charge in [-0.15, -0.1) is 0 Å². The van der Waals surface area contributed by atoms with E-state index in [0.717, 1.165) is 5.57 Å². The maximum Gasteiger partial charge on any atom is 0.397 e. The number of allylic oxidation sites excluding steroid dienone is 2. The van der Waals surface area contributed by atoms with Crippen LogP contribution < -0.4 is 0 Å². The van der Waals surface area contributed by atoms with Crippen molar-refractivity contribution < 1.29 is 96.0 Å². The number of carbonyl (C=O) groups is 1. The first-order valence-electron chi connectivity index (χ1n) is 23.2. The highest BCUT2D eigenvalue weighted by Gasteiger charge is 2.64. The zero-order valence-electron chi connectivity index (χ0n) is 38.9. The summed E-state index contributed by atoms with van der Waals surface area (Å²) in [6, 6.07) is 0. The minimum Gasteiger partial charge on any atom is -0.388 e. The van der Waals surface area contributed by atoms with Gasteiger partial charge in [0.05, 0.1) is 36.6 Å². The maximum atomic E-state index is 13.6. The van der Waals surface area contributed by atoms with Crippen molar-refractivity contribution in [2.45, 2.75) is 203 Å². The van der Waals surface area contributed by atoms with Gasteiger partial charge in [0.2, 0.25) is 0 Å². The van der Waals surface area contributed by atoms with E-state index in [-0.39, 0.29) is 18.3 Å². The minimum atomic E-state index is -4.82. The third-order valence-electron chi connectivity index (χ3n) is 16.2. The van der Waals surface area contributed by atoms with Crippen molar-refractivity contribution in [2.24, 2.45) is 34.5 Å². The Morgan fingerprint density at radius 1 is 0.803 bits per heavy atom. The Morgan fingerprint density at radius 3 is 2.03 bits per heavy atom. The molecule has 3 saturated heterocycles. The van der Waals surface area contributed by atoms with Crippen LogP contribution >= 0.6 is 0 Å². The molecule has 9 N–H and O–H groups in total. The van der Waals surface area contributed by atoms with Gasteiger partial charge >= 0.3 is 10.4 Å². The zero-order chi connectivity index (χ0) is 48.6. The van der Waals surface area contributed by atoms with Crippen LogP contribution in [0.15, 0.2) is 23.8 Å². The molecule has 1 unspecified atom stereocenters. The molecule has 4 aliphatic carbocycles. The van der Waals surface area contributed by atoms with Crippen LogP contribution in [-0.4, -0.2) is 183 Å². The third-order valence-corrected chi connectivity index (χ3v) is 16.7. The van der Waals surface area contributed by atoms with Crippen molar-refractivity contribution in [2.75, 3.05) is 13.7 Å². The van der Waals surface area contributed by atoms with Crippen molar-refractivity contribution in [3.8, 4) is 0 Å². The Balaban J connectivity index is 1.16. The van der Waals surface area contributed by atoms with Crippen molar-refractivity contribution in [3.63, 3.8) is 0 Å². The summed E-state index contributed by atoms with van der Waals surface area (Å²) in [6.45, 7) is 11.4. The number of rotatable bonds is 13. The fraction of sp³-hybridized carbons (Fsp3) is 0.889. The molecule has 21 heteroatoms. The normalized spacial score (nSPS) is 48.8. The van der Waals surface area contributed by atoms with Crippen LogP contribution in [0.4, 0.5) is 0 Å². The molecular formula is C45H72O20S. The van der Waals surface area contributed by atoms with Crippen LogP contribution in [0.25, 0.3) is 0 Å². The number of ether oxygens (including phenoxy) is 7. The Bertz CT molecular complexity index is 1910. The molecule has 20 nitrogen and oxygen atoms in total. The summed E-state index contributed by atoms with van der Waals surface area (Å²) in [6.07, 6.45) is -13.6. The summed E-state index contributed by atoms with van der Waals surface area (Å²) in [5.41, 5.74) is -3.01. The Labute approximate surface area is 386 Å². The summed E-state index contributed by atoms with van der Waals surface area (Å²) in [4.78, 5) is 13.6. The van der Waals surface area contributed by atoms with Crippen LogP contribution in [0, 0.1) is 34.5 Å². The summed E-state index contributed by atoms with van der Waals surface area (Å²) < 4.78 is 80.7. The molecule has 66 heavy (non-hydrogen) atoms. The molecule has 0 amide bonds. The third kappa shape index (κ3) is 10.0. The smallest absolute Gasteiger partial charge is 0.388 e.